The molecule has 1 aromatic carbocycles. The molecule has 22 heavy (non-hydrogen) atoms. The zero-order valence-corrected chi connectivity index (χ0v) is 14.8. The number of hydrogen-bond acceptors (Lipinski definition) is 1. The molecule has 1 aromatic rings. The molecule has 2 unspecified atom stereocenters. The van der Waals surface area contributed by atoms with Crippen molar-refractivity contribution >= 4 is 21.8 Å². The van der Waals surface area contributed by atoms with Crippen molar-refractivity contribution in [1.82, 2.24) is 5.32 Å². The predicted octanol–water partition coefficient (Wildman–Crippen LogP) is 4.35. The van der Waals surface area contributed by atoms with Crippen LogP contribution in [0.25, 0.3) is 0 Å². The normalized spacial score (nSPS) is 39.0. The lowest BCUT2D eigenvalue weighted by atomic mass is 9.49. The molecule has 118 valence electrons. The SMILES string of the molecule is Cc1ccc(CNC(=O)C23C[C@@H]4C[C@@H](CC(Br)(C4)C2)C3)cc1. The van der Waals surface area contributed by atoms with E-state index in [2.05, 4.69) is 52.4 Å². The van der Waals surface area contributed by atoms with Crippen molar-refractivity contribution in [2.75, 3.05) is 0 Å². The number of alkyl halides is 1. The van der Waals surface area contributed by atoms with Crippen LogP contribution in [0.3, 0.4) is 0 Å². The van der Waals surface area contributed by atoms with Crippen LogP contribution in [0.4, 0.5) is 0 Å². The van der Waals surface area contributed by atoms with Gasteiger partial charge >= 0.3 is 0 Å². The second-order valence-corrected chi connectivity index (χ2v) is 9.74. The van der Waals surface area contributed by atoms with Crippen LogP contribution in [0.15, 0.2) is 24.3 Å². The highest BCUT2D eigenvalue weighted by atomic mass is 79.9. The lowest BCUT2D eigenvalue weighted by Crippen LogP contribution is -2.58. The molecule has 5 rings (SSSR count). The smallest absolute Gasteiger partial charge is 0.226 e. The first-order valence-corrected chi connectivity index (χ1v) is 9.29. The molecule has 0 spiro atoms. The molecular weight excluding hydrogens is 338 g/mol. The summed E-state index contributed by atoms with van der Waals surface area (Å²) in [5.74, 6) is 1.81. The van der Waals surface area contributed by atoms with Crippen molar-refractivity contribution in [3.05, 3.63) is 35.4 Å². The number of amides is 1. The Morgan fingerprint density at radius 2 is 1.82 bits per heavy atom. The van der Waals surface area contributed by atoms with Gasteiger partial charge in [0.05, 0.1) is 5.41 Å². The Labute approximate surface area is 141 Å². The van der Waals surface area contributed by atoms with Crippen LogP contribution in [0, 0.1) is 24.2 Å². The van der Waals surface area contributed by atoms with Crippen LogP contribution in [0.5, 0.6) is 0 Å². The molecule has 0 aliphatic heterocycles. The molecule has 0 heterocycles. The number of benzene rings is 1. The van der Waals surface area contributed by atoms with E-state index in [1.54, 1.807) is 0 Å². The van der Waals surface area contributed by atoms with Gasteiger partial charge in [-0.25, -0.2) is 0 Å². The van der Waals surface area contributed by atoms with Crippen LogP contribution in [-0.2, 0) is 11.3 Å². The minimum absolute atomic E-state index is 0.0989. The van der Waals surface area contributed by atoms with Gasteiger partial charge in [0, 0.05) is 10.9 Å². The third-order valence-electron chi connectivity index (χ3n) is 6.05. The van der Waals surface area contributed by atoms with E-state index in [-0.39, 0.29) is 9.74 Å². The summed E-state index contributed by atoms with van der Waals surface area (Å²) in [6.45, 7) is 2.75. The van der Waals surface area contributed by atoms with Crippen molar-refractivity contribution < 1.29 is 4.79 Å². The summed E-state index contributed by atoms with van der Waals surface area (Å²) in [6, 6.07) is 8.45. The maximum atomic E-state index is 12.9. The molecule has 4 aliphatic rings. The average molecular weight is 362 g/mol. The van der Waals surface area contributed by atoms with E-state index in [0.29, 0.717) is 12.5 Å². The summed E-state index contributed by atoms with van der Waals surface area (Å²) in [5, 5.41) is 3.23. The number of halogens is 1. The molecule has 4 atom stereocenters. The van der Waals surface area contributed by atoms with Crippen LogP contribution in [0.2, 0.25) is 0 Å². The van der Waals surface area contributed by atoms with Gasteiger partial charge in [0.15, 0.2) is 0 Å². The molecule has 0 aromatic heterocycles. The molecule has 0 radical (unpaired) electrons. The number of aryl methyl sites for hydroxylation is 1. The molecule has 4 fully saturated rings. The van der Waals surface area contributed by atoms with E-state index in [4.69, 9.17) is 0 Å². The number of nitrogens with one attached hydrogen (secondary N) is 1. The van der Waals surface area contributed by atoms with Gasteiger partial charge in [-0.15, -0.1) is 0 Å². The quantitative estimate of drug-likeness (QED) is 0.796. The van der Waals surface area contributed by atoms with E-state index < -0.39 is 0 Å². The highest BCUT2D eigenvalue weighted by molar-refractivity contribution is 9.10. The molecular formula is C19H24BrNO. The Hall–Kier alpha value is -0.830. The van der Waals surface area contributed by atoms with Gasteiger partial charge in [-0.2, -0.15) is 0 Å². The summed E-state index contributed by atoms with van der Waals surface area (Å²) in [4.78, 5) is 12.9. The van der Waals surface area contributed by atoms with Crippen molar-refractivity contribution in [3.63, 3.8) is 0 Å². The van der Waals surface area contributed by atoms with Gasteiger partial charge in [0.1, 0.15) is 0 Å². The van der Waals surface area contributed by atoms with E-state index >= 15 is 0 Å². The number of hydrogen-bond donors (Lipinski definition) is 1. The summed E-state index contributed by atoms with van der Waals surface area (Å²) in [5.41, 5.74) is 2.35. The fourth-order valence-electron chi connectivity index (χ4n) is 5.49. The highest BCUT2D eigenvalue weighted by Gasteiger charge is 2.59. The van der Waals surface area contributed by atoms with Crippen molar-refractivity contribution in [2.45, 2.75) is 56.3 Å². The van der Waals surface area contributed by atoms with Gasteiger partial charge < -0.3 is 5.32 Å². The third kappa shape index (κ3) is 2.51. The third-order valence-corrected chi connectivity index (χ3v) is 6.97. The number of carbonyl (C=O) groups excluding carboxylic acids is 1. The zero-order chi connectivity index (χ0) is 15.4. The van der Waals surface area contributed by atoms with Gasteiger partial charge in [-0.3, -0.25) is 4.79 Å². The van der Waals surface area contributed by atoms with Gasteiger partial charge in [0.25, 0.3) is 0 Å². The molecule has 4 aliphatic carbocycles. The van der Waals surface area contributed by atoms with E-state index in [9.17, 15) is 4.79 Å². The van der Waals surface area contributed by atoms with Crippen molar-refractivity contribution in [3.8, 4) is 0 Å². The Bertz CT molecular complexity index is 580. The highest BCUT2D eigenvalue weighted by Crippen LogP contribution is 2.64. The summed E-state index contributed by atoms with van der Waals surface area (Å²) < 4.78 is 0.248. The molecule has 1 N–H and O–H groups in total. The molecule has 2 nitrogen and oxygen atoms in total. The average Bonchev–Trinajstić information content (AvgIpc) is 2.43. The maximum Gasteiger partial charge on any atom is 0.226 e. The first-order valence-electron chi connectivity index (χ1n) is 8.49. The molecule has 0 saturated heterocycles. The van der Waals surface area contributed by atoms with Crippen molar-refractivity contribution in [2.24, 2.45) is 17.3 Å². The fourth-order valence-corrected chi connectivity index (χ4v) is 6.94. The van der Waals surface area contributed by atoms with E-state index in [1.807, 2.05) is 0 Å². The van der Waals surface area contributed by atoms with Crippen LogP contribution >= 0.6 is 15.9 Å². The summed E-state index contributed by atoms with van der Waals surface area (Å²) >= 11 is 3.98. The molecule has 4 saturated carbocycles. The molecule has 4 bridgehead atoms. The molecule has 1 amide bonds. The zero-order valence-electron chi connectivity index (χ0n) is 13.2. The first kappa shape index (κ1) is 14.7. The Kier molecular flexibility index (Phi) is 3.41. The number of rotatable bonds is 3. The van der Waals surface area contributed by atoms with Gasteiger partial charge in [0.2, 0.25) is 5.91 Å². The minimum atomic E-state index is -0.0989. The van der Waals surface area contributed by atoms with Crippen molar-refractivity contribution in [1.29, 1.82) is 0 Å². The monoisotopic (exact) mass is 361 g/mol. The maximum absolute atomic E-state index is 12.9. The Balaban J connectivity index is 1.47. The first-order chi connectivity index (χ1) is 10.5. The van der Waals surface area contributed by atoms with Crippen LogP contribution < -0.4 is 5.32 Å². The number of carbonyl (C=O) groups is 1. The Morgan fingerprint density at radius 3 is 2.41 bits per heavy atom. The standard InChI is InChI=1S/C19H24BrNO/c1-13-2-4-14(5-3-13)11-21-17(22)18-7-15-6-16(8-18)10-19(20,9-15)12-18/h2-5,15-16H,6-12H2,1H3,(H,21,22)/t15-,16+,18?,19?. The Morgan fingerprint density at radius 1 is 1.18 bits per heavy atom. The van der Waals surface area contributed by atoms with Gasteiger partial charge in [-0.1, -0.05) is 45.8 Å². The topological polar surface area (TPSA) is 29.1 Å². The second kappa shape index (κ2) is 5.09. The largest absolute Gasteiger partial charge is 0.352 e. The van der Waals surface area contributed by atoms with E-state index in [0.717, 1.165) is 31.1 Å². The lowest BCUT2D eigenvalue weighted by molar-refractivity contribution is -0.144. The summed E-state index contributed by atoms with van der Waals surface area (Å²) in [6.07, 6.45) is 7.15. The molecule has 3 heteroatoms. The fraction of sp³-hybridized carbons (Fsp3) is 0.632. The minimum Gasteiger partial charge on any atom is -0.352 e. The van der Waals surface area contributed by atoms with Crippen LogP contribution in [0.1, 0.15) is 49.7 Å². The second-order valence-electron chi connectivity index (χ2n) is 8.06. The summed E-state index contributed by atoms with van der Waals surface area (Å²) in [7, 11) is 0. The van der Waals surface area contributed by atoms with E-state index in [1.165, 1.54) is 30.4 Å². The van der Waals surface area contributed by atoms with Crippen LogP contribution in [-0.4, -0.2) is 10.2 Å². The van der Waals surface area contributed by atoms with Gasteiger partial charge in [-0.05, 0) is 62.8 Å². The lowest BCUT2D eigenvalue weighted by Gasteiger charge is -2.59. The predicted molar refractivity (Wildman–Crippen MR) is 91.8 cm³/mol.